The normalized spacial score (nSPS) is 27.5. The molecule has 2 heteroatoms. The molecule has 0 aromatic heterocycles. The first kappa shape index (κ1) is 14.4. The van der Waals surface area contributed by atoms with Gasteiger partial charge < -0.3 is 10.2 Å². The maximum absolute atomic E-state index is 3.80. The summed E-state index contributed by atoms with van der Waals surface area (Å²) in [7, 11) is 4.25. The molecule has 0 saturated heterocycles. The Morgan fingerprint density at radius 2 is 1.89 bits per heavy atom. The molecule has 19 heavy (non-hydrogen) atoms. The zero-order chi connectivity index (χ0) is 13.8. The minimum Gasteiger partial charge on any atom is -0.382 e. The standard InChI is InChI=1S/C17H28N2/c1-13-9-10-16(14(2)11-13)18-17-8-6-5-7-15(17)12-19(3)4/h5-8,13-14,16,18H,9-12H2,1-4H3. The molecule has 1 aromatic carbocycles. The van der Waals surface area contributed by atoms with Crippen LogP contribution in [0.25, 0.3) is 0 Å². The van der Waals surface area contributed by atoms with Gasteiger partial charge in [-0.15, -0.1) is 0 Å². The van der Waals surface area contributed by atoms with E-state index in [9.17, 15) is 0 Å². The van der Waals surface area contributed by atoms with Gasteiger partial charge in [-0.1, -0.05) is 32.0 Å². The van der Waals surface area contributed by atoms with Crippen molar-refractivity contribution in [2.75, 3.05) is 19.4 Å². The Hall–Kier alpha value is -1.02. The van der Waals surface area contributed by atoms with Crippen molar-refractivity contribution in [3.05, 3.63) is 29.8 Å². The Labute approximate surface area is 118 Å². The van der Waals surface area contributed by atoms with Crippen molar-refractivity contribution >= 4 is 5.69 Å². The fourth-order valence-electron chi connectivity index (χ4n) is 3.22. The molecule has 2 nitrogen and oxygen atoms in total. The van der Waals surface area contributed by atoms with E-state index >= 15 is 0 Å². The van der Waals surface area contributed by atoms with Gasteiger partial charge in [0.15, 0.2) is 0 Å². The molecular weight excluding hydrogens is 232 g/mol. The van der Waals surface area contributed by atoms with Crippen LogP contribution in [0.4, 0.5) is 5.69 Å². The smallest absolute Gasteiger partial charge is 0.0388 e. The summed E-state index contributed by atoms with van der Waals surface area (Å²) in [6.45, 7) is 5.77. The van der Waals surface area contributed by atoms with E-state index in [1.807, 2.05) is 0 Å². The second-order valence-corrected chi connectivity index (χ2v) is 6.54. The highest BCUT2D eigenvalue weighted by Crippen LogP contribution is 2.31. The van der Waals surface area contributed by atoms with Crippen LogP contribution in [0.2, 0.25) is 0 Å². The van der Waals surface area contributed by atoms with Gasteiger partial charge in [0, 0.05) is 18.3 Å². The molecular formula is C17H28N2. The molecule has 1 aliphatic rings. The van der Waals surface area contributed by atoms with Crippen LogP contribution >= 0.6 is 0 Å². The molecule has 3 unspecified atom stereocenters. The lowest BCUT2D eigenvalue weighted by Gasteiger charge is -2.34. The second kappa shape index (κ2) is 6.42. The topological polar surface area (TPSA) is 15.3 Å². The van der Waals surface area contributed by atoms with E-state index in [-0.39, 0.29) is 0 Å². The van der Waals surface area contributed by atoms with Crippen molar-refractivity contribution in [1.29, 1.82) is 0 Å². The van der Waals surface area contributed by atoms with E-state index in [1.165, 1.54) is 30.5 Å². The highest BCUT2D eigenvalue weighted by molar-refractivity contribution is 5.51. The molecule has 1 aromatic rings. The molecule has 1 aliphatic carbocycles. The number of anilines is 1. The minimum absolute atomic E-state index is 0.638. The monoisotopic (exact) mass is 260 g/mol. The van der Waals surface area contributed by atoms with Crippen LogP contribution in [0, 0.1) is 11.8 Å². The van der Waals surface area contributed by atoms with Crippen molar-refractivity contribution in [1.82, 2.24) is 4.90 Å². The molecule has 0 bridgehead atoms. The van der Waals surface area contributed by atoms with E-state index in [2.05, 4.69) is 62.4 Å². The lowest BCUT2D eigenvalue weighted by atomic mass is 9.80. The lowest BCUT2D eigenvalue weighted by molar-refractivity contribution is 0.276. The highest BCUT2D eigenvalue weighted by Gasteiger charge is 2.25. The van der Waals surface area contributed by atoms with Crippen molar-refractivity contribution in [3.63, 3.8) is 0 Å². The number of benzene rings is 1. The Kier molecular flexibility index (Phi) is 4.87. The van der Waals surface area contributed by atoms with Crippen LogP contribution in [-0.2, 0) is 6.54 Å². The Morgan fingerprint density at radius 1 is 1.16 bits per heavy atom. The summed E-state index contributed by atoms with van der Waals surface area (Å²) in [5.41, 5.74) is 2.72. The maximum atomic E-state index is 3.80. The van der Waals surface area contributed by atoms with Gasteiger partial charge in [0.2, 0.25) is 0 Å². The third-order valence-electron chi connectivity index (χ3n) is 4.28. The number of nitrogens with zero attached hydrogens (tertiary/aromatic N) is 1. The first-order valence-electron chi connectivity index (χ1n) is 7.55. The Bertz CT molecular complexity index is 400. The zero-order valence-corrected chi connectivity index (χ0v) is 12.8. The number of nitrogens with one attached hydrogen (secondary N) is 1. The van der Waals surface area contributed by atoms with Gasteiger partial charge in [-0.2, -0.15) is 0 Å². The molecule has 1 fully saturated rings. The van der Waals surface area contributed by atoms with Crippen molar-refractivity contribution < 1.29 is 0 Å². The zero-order valence-electron chi connectivity index (χ0n) is 12.8. The predicted octanol–water partition coefficient (Wildman–Crippen LogP) is 3.98. The maximum Gasteiger partial charge on any atom is 0.0388 e. The van der Waals surface area contributed by atoms with Gasteiger partial charge >= 0.3 is 0 Å². The Balaban J connectivity index is 2.06. The molecule has 0 heterocycles. The average Bonchev–Trinajstić information content (AvgIpc) is 2.34. The largest absolute Gasteiger partial charge is 0.382 e. The van der Waals surface area contributed by atoms with Crippen LogP contribution in [0.1, 0.15) is 38.7 Å². The predicted molar refractivity (Wildman–Crippen MR) is 83.4 cm³/mol. The van der Waals surface area contributed by atoms with Crippen LogP contribution in [0.3, 0.4) is 0 Å². The summed E-state index contributed by atoms with van der Waals surface area (Å²) in [6, 6.07) is 9.37. The molecule has 0 radical (unpaired) electrons. The molecule has 106 valence electrons. The molecule has 1 N–H and O–H groups in total. The average molecular weight is 260 g/mol. The van der Waals surface area contributed by atoms with E-state index in [4.69, 9.17) is 0 Å². The van der Waals surface area contributed by atoms with Gasteiger partial charge in [0.1, 0.15) is 0 Å². The fourth-order valence-corrected chi connectivity index (χ4v) is 3.22. The summed E-state index contributed by atoms with van der Waals surface area (Å²) in [5, 5.41) is 3.80. The second-order valence-electron chi connectivity index (χ2n) is 6.54. The van der Waals surface area contributed by atoms with E-state index in [1.54, 1.807) is 0 Å². The fraction of sp³-hybridized carbons (Fsp3) is 0.647. The van der Waals surface area contributed by atoms with Gasteiger partial charge in [-0.25, -0.2) is 0 Å². The van der Waals surface area contributed by atoms with Gasteiger partial charge in [0.25, 0.3) is 0 Å². The van der Waals surface area contributed by atoms with Gasteiger partial charge in [0.05, 0.1) is 0 Å². The third-order valence-corrected chi connectivity index (χ3v) is 4.28. The van der Waals surface area contributed by atoms with Crippen molar-refractivity contribution in [2.24, 2.45) is 11.8 Å². The molecule has 0 amide bonds. The number of para-hydroxylation sites is 1. The van der Waals surface area contributed by atoms with Gasteiger partial charge in [-0.05, 0) is 56.8 Å². The molecule has 1 saturated carbocycles. The molecule has 0 spiro atoms. The summed E-state index contributed by atoms with van der Waals surface area (Å²) >= 11 is 0. The molecule has 3 atom stereocenters. The SMILES string of the molecule is CC1CCC(Nc2ccccc2CN(C)C)C(C)C1. The van der Waals surface area contributed by atoms with Crippen LogP contribution in [0.5, 0.6) is 0 Å². The summed E-state index contributed by atoms with van der Waals surface area (Å²) in [6.07, 6.45) is 4.02. The highest BCUT2D eigenvalue weighted by atomic mass is 15.1. The van der Waals surface area contributed by atoms with Crippen LogP contribution in [0.15, 0.2) is 24.3 Å². The minimum atomic E-state index is 0.638. The molecule has 0 aliphatic heterocycles. The van der Waals surface area contributed by atoms with Crippen molar-refractivity contribution in [2.45, 2.75) is 45.7 Å². The first-order chi connectivity index (χ1) is 9.06. The molecule has 2 rings (SSSR count). The van der Waals surface area contributed by atoms with Crippen molar-refractivity contribution in [3.8, 4) is 0 Å². The Morgan fingerprint density at radius 3 is 2.58 bits per heavy atom. The first-order valence-corrected chi connectivity index (χ1v) is 7.55. The number of hydrogen-bond acceptors (Lipinski definition) is 2. The third kappa shape index (κ3) is 3.97. The number of hydrogen-bond donors (Lipinski definition) is 1. The quantitative estimate of drug-likeness (QED) is 0.880. The summed E-state index contributed by atoms with van der Waals surface area (Å²) in [4.78, 5) is 2.23. The van der Waals surface area contributed by atoms with E-state index in [0.717, 1.165) is 18.4 Å². The number of rotatable bonds is 4. The van der Waals surface area contributed by atoms with E-state index < -0.39 is 0 Å². The van der Waals surface area contributed by atoms with Crippen LogP contribution in [-0.4, -0.2) is 25.0 Å². The lowest BCUT2D eigenvalue weighted by Crippen LogP contribution is -2.33. The van der Waals surface area contributed by atoms with E-state index in [0.29, 0.717) is 6.04 Å². The van der Waals surface area contributed by atoms with Crippen LogP contribution < -0.4 is 5.32 Å². The van der Waals surface area contributed by atoms with Gasteiger partial charge in [-0.3, -0.25) is 0 Å². The summed E-state index contributed by atoms with van der Waals surface area (Å²) in [5.74, 6) is 1.67. The summed E-state index contributed by atoms with van der Waals surface area (Å²) < 4.78 is 0.